The molecule has 2 atom stereocenters. The topological polar surface area (TPSA) is 61.5 Å². The molecule has 0 radical (unpaired) electrons. The van der Waals surface area contributed by atoms with Gasteiger partial charge in [0, 0.05) is 6.04 Å². The monoisotopic (exact) mass is 249 g/mol. The summed E-state index contributed by atoms with van der Waals surface area (Å²) in [5.41, 5.74) is 8.50. The Kier molecular flexibility index (Phi) is 3.87. The lowest BCUT2D eigenvalue weighted by Gasteiger charge is -2.23. The lowest BCUT2D eigenvalue weighted by molar-refractivity contribution is -0.147. The molecule has 4 nitrogen and oxygen atoms in total. The molecule has 0 bridgehead atoms. The number of carbonyl (C=O) groups excluding carboxylic acids is 1. The molecule has 1 aliphatic rings. The van der Waals surface area contributed by atoms with E-state index in [2.05, 4.69) is 4.74 Å². The Morgan fingerprint density at radius 2 is 2.28 bits per heavy atom. The predicted octanol–water partition coefficient (Wildman–Crippen LogP) is 1.96. The van der Waals surface area contributed by atoms with Crippen molar-refractivity contribution in [3.8, 4) is 5.75 Å². The van der Waals surface area contributed by atoms with E-state index in [0.29, 0.717) is 5.75 Å². The van der Waals surface area contributed by atoms with Gasteiger partial charge in [0.25, 0.3) is 0 Å². The highest BCUT2D eigenvalue weighted by Crippen LogP contribution is 2.31. The van der Waals surface area contributed by atoms with E-state index in [4.69, 9.17) is 10.5 Å². The molecule has 0 spiro atoms. The van der Waals surface area contributed by atoms with Crippen LogP contribution in [0.15, 0.2) is 18.2 Å². The number of hydrogen-bond acceptors (Lipinski definition) is 4. The smallest absolute Gasteiger partial charge is 0.346 e. The van der Waals surface area contributed by atoms with Gasteiger partial charge in [-0.2, -0.15) is 0 Å². The Morgan fingerprint density at radius 3 is 3.00 bits per heavy atom. The van der Waals surface area contributed by atoms with E-state index in [1.165, 1.54) is 12.7 Å². The third kappa shape index (κ3) is 2.64. The van der Waals surface area contributed by atoms with Crippen LogP contribution in [-0.2, 0) is 16.0 Å². The highest BCUT2D eigenvalue weighted by molar-refractivity contribution is 5.74. The van der Waals surface area contributed by atoms with Crippen LogP contribution in [0.2, 0.25) is 0 Å². The van der Waals surface area contributed by atoms with E-state index in [1.807, 2.05) is 18.2 Å². The minimum atomic E-state index is -0.604. The van der Waals surface area contributed by atoms with Gasteiger partial charge < -0.3 is 15.2 Å². The molecule has 2 N–H and O–H groups in total. The summed E-state index contributed by atoms with van der Waals surface area (Å²) in [6.07, 6.45) is 2.60. The summed E-state index contributed by atoms with van der Waals surface area (Å²) < 4.78 is 10.2. The Bertz CT molecular complexity index is 445. The van der Waals surface area contributed by atoms with Crippen molar-refractivity contribution in [2.24, 2.45) is 5.73 Å². The number of nitrogens with two attached hydrogens (primary N) is 1. The lowest BCUT2D eigenvalue weighted by atomic mass is 9.88. The second kappa shape index (κ2) is 5.40. The number of hydrogen-bond donors (Lipinski definition) is 1. The zero-order valence-electron chi connectivity index (χ0n) is 10.8. The predicted molar refractivity (Wildman–Crippen MR) is 68.4 cm³/mol. The van der Waals surface area contributed by atoms with Crippen molar-refractivity contribution in [1.82, 2.24) is 0 Å². The summed E-state index contributed by atoms with van der Waals surface area (Å²) in [7, 11) is 1.35. The van der Waals surface area contributed by atoms with E-state index in [9.17, 15) is 4.79 Å². The maximum atomic E-state index is 11.3. The Morgan fingerprint density at radius 1 is 1.50 bits per heavy atom. The van der Waals surface area contributed by atoms with Gasteiger partial charge >= 0.3 is 5.97 Å². The van der Waals surface area contributed by atoms with Gasteiger partial charge in [0.2, 0.25) is 0 Å². The molecule has 18 heavy (non-hydrogen) atoms. The van der Waals surface area contributed by atoms with Crippen molar-refractivity contribution in [2.75, 3.05) is 7.11 Å². The highest BCUT2D eigenvalue weighted by Gasteiger charge is 2.19. The van der Waals surface area contributed by atoms with Gasteiger partial charge in [-0.3, -0.25) is 0 Å². The van der Waals surface area contributed by atoms with Crippen molar-refractivity contribution in [2.45, 2.75) is 38.3 Å². The van der Waals surface area contributed by atoms with E-state index in [1.54, 1.807) is 6.92 Å². The van der Waals surface area contributed by atoms with Crippen LogP contribution in [-0.4, -0.2) is 19.2 Å². The fraction of sp³-hybridized carbons (Fsp3) is 0.500. The summed E-state index contributed by atoms with van der Waals surface area (Å²) in [5.74, 6) is 0.293. The molecule has 0 amide bonds. The molecule has 0 heterocycles. The van der Waals surface area contributed by atoms with Crippen molar-refractivity contribution in [3.05, 3.63) is 29.3 Å². The van der Waals surface area contributed by atoms with E-state index in [-0.39, 0.29) is 12.0 Å². The number of ether oxygens (including phenoxy) is 2. The minimum absolute atomic E-state index is 0.0748. The van der Waals surface area contributed by atoms with Crippen LogP contribution < -0.4 is 10.5 Å². The number of methoxy groups -OCH3 is 1. The van der Waals surface area contributed by atoms with Gasteiger partial charge in [-0.1, -0.05) is 6.07 Å². The first-order valence-corrected chi connectivity index (χ1v) is 6.24. The van der Waals surface area contributed by atoms with Crippen LogP contribution in [0.1, 0.15) is 36.9 Å². The van der Waals surface area contributed by atoms with E-state index >= 15 is 0 Å². The zero-order valence-corrected chi connectivity index (χ0v) is 10.8. The molecule has 4 heteroatoms. The summed E-state index contributed by atoms with van der Waals surface area (Å²) in [6.45, 7) is 1.67. The van der Waals surface area contributed by atoms with Crippen molar-refractivity contribution >= 4 is 5.97 Å². The van der Waals surface area contributed by atoms with Gasteiger partial charge in [0.15, 0.2) is 6.10 Å². The van der Waals surface area contributed by atoms with Crippen LogP contribution in [0.3, 0.4) is 0 Å². The molecule has 0 saturated carbocycles. The van der Waals surface area contributed by atoms with Crippen LogP contribution in [0.4, 0.5) is 0 Å². The van der Waals surface area contributed by atoms with Crippen molar-refractivity contribution in [1.29, 1.82) is 0 Å². The van der Waals surface area contributed by atoms with Gasteiger partial charge in [0.1, 0.15) is 5.75 Å². The van der Waals surface area contributed by atoms with Gasteiger partial charge in [-0.05, 0) is 49.4 Å². The maximum absolute atomic E-state index is 11.3. The molecule has 1 aromatic carbocycles. The largest absolute Gasteiger partial charge is 0.479 e. The molecule has 2 rings (SSSR count). The van der Waals surface area contributed by atoms with Gasteiger partial charge in [-0.15, -0.1) is 0 Å². The average molecular weight is 249 g/mol. The van der Waals surface area contributed by atoms with Crippen LogP contribution >= 0.6 is 0 Å². The molecule has 1 unspecified atom stereocenters. The highest BCUT2D eigenvalue weighted by atomic mass is 16.6. The molecular formula is C14H19NO3. The molecule has 0 fully saturated rings. The van der Waals surface area contributed by atoms with E-state index < -0.39 is 6.10 Å². The Labute approximate surface area is 107 Å². The molecule has 98 valence electrons. The number of aryl methyl sites for hydroxylation is 1. The third-order valence-corrected chi connectivity index (χ3v) is 3.32. The maximum Gasteiger partial charge on any atom is 0.346 e. The Balaban J connectivity index is 2.15. The number of carbonyl (C=O) groups is 1. The summed E-state index contributed by atoms with van der Waals surface area (Å²) in [6, 6.07) is 5.94. The second-order valence-corrected chi connectivity index (χ2v) is 4.64. The van der Waals surface area contributed by atoms with Crippen LogP contribution in [0.25, 0.3) is 0 Å². The summed E-state index contributed by atoms with van der Waals surface area (Å²) in [4.78, 5) is 11.3. The SMILES string of the molecule is COC(=O)C(C)Oc1ccc2c(c1)[C@@H](N)CCC2. The first kappa shape index (κ1) is 12.9. The molecular weight excluding hydrogens is 230 g/mol. The molecule has 0 aliphatic heterocycles. The number of rotatable bonds is 3. The second-order valence-electron chi connectivity index (χ2n) is 4.64. The minimum Gasteiger partial charge on any atom is -0.479 e. The van der Waals surface area contributed by atoms with Crippen LogP contribution in [0.5, 0.6) is 5.75 Å². The molecule has 1 aromatic rings. The molecule has 1 aliphatic carbocycles. The normalized spacial score (nSPS) is 19.8. The first-order valence-electron chi connectivity index (χ1n) is 6.24. The fourth-order valence-electron chi connectivity index (χ4n) is 2.31. The quantitative estimate of drug-likeness (QED) is 0.832. The fourth-order valence-corrected chi connectivity index (χ4v) is 2.31. The zero-order chi connectivity index (χ0) is 13.1. The van der Waals surface area contributed by atoms with Gasteiger partial charge in [-0.25, -0.2) is 4.79 Å². The lowest BCUT2D eigenvalue weighted by Crippen LogP contribution is -2.25. The van der Waals surface area contributed by atoms with E-state index in [0.717, 1.165) is 24.8 Å². The summed E-state index contributed by atoms with van der Waals surface area (Å²) in [5, 5.41) is 0. The Hall–Kier alpha value is -1.55. The van der Waals surface area contributed by atoms with Crippen molar-refractivity contribution in [3.63, 3.8) is 0 Å². The number of fused-ring (bicyclic) bond motifs is 1. The molecule has 0 aromatic heterocycles. The number of benzene rings is 1. The van der Waals surface area contributed by atoms with Crippen LogP contribution in [0, 0.1) is 0 Å². The standard InChI is InChI=1S/C14H19NO3/c1-9(14(16)17-2)18-11-7-6-10-4-3-5-13(15)12(10)8-11/h6-9,13H,3-5,15H2,1-2H3/t9?,13-/m0/s1. The summed E-state index contributed by atoms with van der Waals surface area (Å²) >= 11 is 0. The van der Waals surface area contributed by atoms with Gasteiger partial charge in [0.05, 0.1) is 7.11 Å². The third-order valence-electron chi connectivity index (χ3n) is 3.32. The number of esters is 1. The molecule has 0 saturated heterocycles. The average Bonchev–Trinajstić information content (AvgIpc) is 2.38. The first-order chi connectivity index (χ1) is 8.61. The van der Waals surface area contributed by atoms with Crippen molar-refractivity contribution < 1.29 is 14.3 Å².